The molecule has 0 amide bonds. The second kappa shape index (κ2) is 4.65. The van der Waals surface area contributed by atoms with Crippen LogP contribution in [0.3, 0.4) is 0 Å². The molecule has 1 atom stereocenters. The predicted octanol–water partition coefficient (Wildman–Crippen LogP) is 0.327. The summed E-state index contributed by atoms with van der Waals surface area (Å²) >= 11 is 0. The number of rotatable bonds is 3. The van der Waals surface area contributed by atoms with Crippen molar-refractivity contribution in [2.45, 2.75) is 32.2 Å². The van der Waals surface area contributed by atoms with Gasteiger partial charge in [0.15, 0.2) is 5.65 Å². The molecule has 2 N–H and O–H groups in total. The smallest absolute Gasteiger partial charge is 0.330 e. The first-order chi connectivity index (χ1) is 9.20. The molecule has 19 heavy (non-hydrogen) atoms. The third-order valence-corrected chi connectivity index (χ3v) is 3.41. The van der Waals surface area contributed by atoms with E-state index in [0.717, 1.165) is 18.7 Å². The van der Waals surface area contributed by atoms with Crippen LogP contribution in [0.15, 0.2) is 9.59 Å². The summed E-state index contributed by atoms with van der Waals surface area (Å²) in [6.07, 6.45) is 1.69. The standard InChI is InChI=1S/C12H16N4O3/c1-2-4-16-10-8(11(17)15-12(16)18)13-9(14-10)7-3-5-19-6-7/h7H,2-6H2,1H3,(H,13,14)(H,15,17,18). The van der Waals surface area contributed by atoms with Gasteiger partial charge in [0.25, 0.3) is 5.56 Å². The van der Waals surface area contributed by atoms with E-state index >= 15 is 0 Å². The van der Waals surface area contributed by atoms with Crippen molar-refractivity contribution < 1.29 is 4.74 Å². The number of aromatic nitrogens is 4. The van der Waals surface area contributed by atoms with Crippen LogP contribution in [0.1, 0.15) is 31.5 Å². The van der Waals surface area contributed by atoms with E-state index in [4.69, 9.17) is 4.74 Å². The number of hydrogen-bond acceptors (Lipinski definition) is 4. The molecule has 3 rings (SSSR count). The minimum Gasteiger partial charge on any atom is -0.381 e. The van der Waals surface area contributed by atoms with Gasteiger partial charge in [-0.3, -0.25) is 14.3 Å². The number of H-pyrrole nitrogens is 2. The van der Waals surface area contributed by atoms with E-state index in [1.54, 1.807) is 0 Å². The van der Waals surface area contributed by atoms with Crippen LogP contribution in [0.25, 0.3) is 11.2 Å². The van der Waals surface area contributed by atoms with E-state index in [2.05, 4.69) is 15.0 Å². The van der Waals surface area contributed by atoms with Crippen molar-refractivity contribution in [2.75, 3.05) is 13.2 Å². The fourth-order valence-electron chi connectivity index (χ4n) is 2.43. The van der Waals surface area contributed by atoms with E-state index in [-0.39, 0.29) is 5.92 Å². The molecule has 1 unspecified atom stereocenters. The Hall–Kier alpha value is -1.89. The Bertz CT molecular complexity index is 706. The van der Waals surface area contributed by atoms with Crippen LogP contribution < -0.4 is 11.2 Å². The first-order valence-electron chi connectivity index (χ1n) is 6.51. The number of aryl methyl sites for hydroxylation is 1. The Morgan fingerprint density at radius 3 is 2.95 bits per heavy atom. The molecule has 0 bridgehead atoms. The lowest BCUT2D eigenvalue weighted by Crippen LogP contribution is -2.30. The van der Waals surface area contributed by atoms with Gasteiger partial charge in [-0.05, 0) is 12.8 Å². The van der Waals surface area contributed by atoms with Crippen LogP contribution in [-0.4, -0.2) is 32.7 Å². The van der Waals surface area contributed by atoms with Gasteiger partial charge in [0.2, 0.25) is 0 Å². The van der Waals surface area contributed by atoms with Gasteiger partial charge in [0.05, 0.1) is 6.61 Å². The maximum atomic E-state index is 11.8. The maximum absolute atomic E-state index is 11.8. The zero-order valence-corrected chi connectivity index (χ0v) is 10.7. The fraction of sp³-hybridized carbons (Fsp3) is 0.583. The number of aromatic amines is 2. The highest BCUT2D eigenvalue weighted by Crippen LogP contribution is 2.23. The highest BCUT2D eigenvalue weighted by molar-refractivity contribution is 5.69. The summed E-state index contributed by atoms with van der Waals surface area (Å²) < 4.78 is 6.83. The zero-order chi connectivity index (χ0) is 13.4. The average Bonchev–Trinajstić information content (AvgIpc) is 3.02. The Balaban J connectivity index is 2.20. The molecule has 7 heteroatoms. The van der Waals surface area contributed by atoms with Crippen LogP contribution in [0, 0.1) is 0 Å². The molecule has 0 aliphatic carbocycles. The Morgan fingerprint density at radius 2 is 2.26 bits per heavy atom. The van der Waals surface area contributed by atoms with Crippen molar-refractivity contribution >= 4 is 11.2 Å². The van der Waals surface area contributed by atoms with E-state index in [1.807, 2.05) is 6.92 Å². The van der Waals surface area contributed by atoms with Crippen molar-refractivity contribution in [1.29, 1.82) is 0 Å². The molecule has 3 heterocycles. The first kappa shape index (κ1) is 12.2. The third-order valence-electron chi connectivity index (χ3n) is 3.41. The number of fused-ring (bicyclic) bond motifs is 1. The Labute approximate surface area is 108 Å². The molecule has 7 nitrogen and oxygen atoms in total. The first-order valence-corrected chi connectivity index (χ1v) is 6.51. The van der Waals surface area contributed by atoms with Gasteiger partial charge in [-0.15, -0.1) is 0 Å². The molecular formula is C12H16N4O3. The molecule has 2 aromatic heterocycles. The van der Waals surface area contributed by atoms with Crippen LogP contribution >= 0.6 is 0 Å². The van der Waals surface area contributed by atoms with Crippen LogP contribution in [0.4, 0.5) is 0 Å². The molecule has 1 aliphatic heterocycles. The van der Waals surface area contributed by atoms with Crippen LogP contribution in [0.2, 0.25) is 0 Å². The molecule has 0 aromatic carbocycles. The number of nitrogens with one attached hydrogen (secondary N) is 2. The predicted molar refractivity (Wildman–Crippen MR) is 69.4 cm³/mol. The summed E-state index contributed by atoms with van der Waals surface area (Å²) in [4.78, 5) is 33.4. The fourth-order valence-corrected chi connectivity index (χ4v) is 2.43. The van der Waals surface area contributed by atoms with Gasteiger partial charge < -0.3 is 9.72 Å². The highest BCUT2D eigenvalue weighted by atomic mass is 16.5. The summed E-state index contributed by atoms with van der Waals surface area (Å²) in [7, 11) is 0. The second-order valence-electron chi connectivity index (χ2n) is 4.79. The van der Waals surface area contributed by atoms with E-state index < -0.39 is 11.2 Å². The van der Waals surface area contributed by atoms with Gasteiger partial charge >= 0.3 is 5.69 Å². The van der Waals surface area contributed by atoms with Gasteiger partial charge in [0.1, 0.15) is 11.3 Å². The number of ether oxygens (including phenoxy) is 1. The number of imidazole rings is 1. The van der Waals surface area contributed by atoms with Gasteiger partial charge in [-0.25, -0.2) is 9.78 Å². The zero-order valence-electron chi connectivity index (χ0n) is 10.7. The molecule has 2 aromatic rings. The summed E-state index contributed by atoms with van der Waals surface area (Å²) in [5, 5.41) is 0. The van der Waals surface area contributed by atoms with Crippen LogP contribution in [0.5, 0.6) is 0 Å². The van der Waals surface area contributed by atoms with Crippen molar-refractivity contribution in [3.63, 3.8) is 0 Å². The summed E-state index contributed by atoms with van der Waals surface area (Å²) in [5.41, 5.74) is -0.00228. The molecule has 0 radical (unpaired) electrons. The lowest BCUT2D eigenvalue weighted by Gasteiger charge is -2.02. The number of hydrogen-bond donors (Lipinski definition) is 2. The maximum Gasteiger partial charge on any atom is 0.330 e. The largest absolute Gasteiger partial charge is 0.381 e. The Morgan fingerprint density at radius 1 is 1.42 bits per heavy atom. The van der Waals surface area contributed by atoms with Crippen molar-refractivity contribution in [2.24, 2.45) is 0 Å². The Kier molecular flexibility index (Phi) is 2.98. The quantitative estimate of drug-likeness (QED) is 0.835. The minimum absolute atomic E-state index is 0.178. The summed E-state index contributed by atoms with van der Waals surface area (Å²) in [6.45, 7) is 3.83. The third kappa shape index (κ3) is 1.99. The number of nitrogens with zero attached hydrogens (tertiary/aromatic N) is 2. The van der Waals surface area contributed by atoms with Crippen molar-refractivity contribution in [1.82, 2.24) is 19.5 Å². The normalized spacial score (nSPS) is 19.3. The second-order valence-corrected chi connectivity index (χ2v) is 4.79. The lowest BCUT2D eigenvalue weighted by molar-refractivity contribution is 0.193. The molecular weight excluding hydrogens is 248 g/mol. The van der Waals surface area contributed by atoms with E-state index in [0.29, 0.717) is 30.9 Å². The lowest BCUT2D eigenvalue weighted by atomic mass is 10.1. The van der Waals surface area contributed by atoms with Gasteiger partial charge in [-0.2, -0.15) is 0 Å². The van der Waals surface area contributed by atoms with Crippen molar-refractivity contribution in [3.8, 4) is 0 Å². The average molecular weight is 264 g/mol. The molecule has 102 valence electrons. The minimum atomic E-state index is -0.412. The highest BCUT2D eigenvalue weighted by Gasteiger charge is 2.23. The summed E-state index contributed by atoms with van der Waals surface area (Å²) in [6, 6.07) is 0. The molecule has 1 fully saturated rings. The summed E-state index contributed by atoms with van der Waals surface area (Å²) in [5.74, 6) is 0.908. The molecule has 0 saturated carbocycles. The SMILES string of the molecule is CCCn1c(=O)[nH]c(=O)c2[nH]c(C3CCOC3)nc21. The van der Waals surface area contributed by atoms with Gasteiger partial charge in [0, 0.05) is 19.1 Å². The molecule has 1 aliphatic rings. The van der Waals surface area contributed by atoms with E-state index in [1.165, 1.54) is 4.57 Å². The van der Waals surface area contributed by atoms with E-state index in [9.17, 15) is 9.59 Å². The molecule has 1 saturated heterocycles. The van der Waals surface area contributed by atoms with Crippen molar-refractivity contribution in [3.05, 3.63) is 26.7 Å². The van der Waals surface area contributed by atoms with Crippen LogP contribution in [-0.2, 0) is 11.3 Å². The topological polar surface area (TPSA) is 92.8 Å². The van der Waals surface area contributed by atoms with Gasteiger partial charge in [-0.1, -0.05) is 6.92 Å². The molecule has 0 spiro atoms. The monoisotopic (exact) mass is 264 g/mol.